The van der Waals surface area contributed by atoms with Gasteiger partial charge in [0.2, 0.25) is 0 Å². The highest BCUT2D eigenvalue weighted by Gasteiger charge is 2.16. The predicted octanol–water partition coefficient (Wildman–Crippen LogP) is 1.79. The molecule has 1 aromatic carbocycles. The minimum Gasteiger partial charge on any atom is -0.480 e. The third-order valence-electron chi connectivity index (χ3n) is 2.57. The number of hydrogen-bond donors (Lipinski definition) is 2. The van der Waals surface area contributed by atoms with E-state index in [0.29, 0.717) is 23.4 Å². The maximum absolute atomic E-state index is 11.4. The van der Waals surface area contributed by atoms with Crippen LogP contribution in [0.2, 0.25) is 0 Å². The molecule has 0 aliphatic carbocycles. The number of para-hydroxylation sites is 1. The molecule has 1 aromatic rings. The van der Waals surface area contributed by atoms with Gasteiger partial charge in [-0.2, -0.15) is 0 Å². The number of rotatable bonds is 5. The molecule has 0 fully saturated rings. The van der Waals surface area contributed by atoms with Gasteiger partial charge in [-0.15, -0.1) is 0 Å². The first kappa shape index (κ1) is 14.0. The Balaban J connectivity index is 2.99. The van der Waals surface area contributed by atoms with Gasteiger partial charge in [0.15, 0.2) is 6.10 Å². The first-order chi connectivity index (χ1) is 8.63. The number of likely N-dealkylation sites (N-methyl/N-ethyl adjacent to an activating group) is 1. The minimum absolute atomic E-state index is 0.205. The van der Waals surface area contributed by atoms with Crippen LogP contribution in [0.25, 0.3) is 0 Å². The molecule has 5 heteroatoms. The van der Waals surface area contributed by atoms with Gasteiger partial charge >= 0.3 is 0 Å². The summed E-state index contributed by atoms with van der Waals surface area (Å²) in [5.74, 6) is 0.326. The van der Waals surface area contributed by atoms with Crippen LogP contribution in [0.1, 0.15) is 25.8 Å². The van der Waals surface area contributed by atoms with Crippen LogP contribution in [0.3, 0.4) is 0 Å². The number of benzene rings is 1. The van der Waals surface area contributed by atoms with Crippen molar-refractivity contribution in [3.8, 4) is 5.75 Å². The van der Waals surface area contributed by atoms with Crippen LogP contribution in [0.15, 0.2) is 29.4 Å². The Bertz CT molecular complexity index is 444. The summed E-state index contributed by atoms with van der Waals surface area (Å²) in [5.41, 5.74) is 1.22. The van der Waals surface area contributed by atoms with Crippen LogP contribution in [0, 0.1) is 0 Å². The number of nitrogens with one attached hydrogen (secondary N) is 1. The highest BCUT2D eigenvalue weighted by molar-refractivity contribution is 6.02. The molecule has 1 rings (SSSR count). The summed E-state index contributed by atoms with van der Waals surface area (Å²) in [6.45, 7) is 3.55. The lowest BCUT2D eigenvalue weighted by Crippen LogP contribution is -2.34. The van der Waals surface area contributed by atoms with Gasteiger partial charge in [0.05, 0.1) is 5.71 Å². The second-order valence-corrected chi connectivity index (χ2v) is 3.77. The van der Waals surface area contributed by atoms with Crippen LogP contribution >= 0.6 is 0 Å². The zero-order valence-corrected chi connectivity index (χ0v) is 10.8. The molecule has 1 unspecified atom stereocenters. The lowest BCUT2D eigenvalue weighted by Gasteiger charge is -2.16. The van der Waals surface area contributed by atoms with Gasteiger partial charge in [0, 0.05) is 12.6 Å². The van der Waals surface area contributed by atoms with Crippen molar-refractivity contribution in [2.75, 3.05) is 7.05 Å². The number of hydrogen-bond acceptors (Lipinski definition) is 4. The average Bonchev–Trinajstić information content (AvgIpc) is 2.41. The zero-order valence-electron chi connectivity index (χ0n) is 10.8. The number of oxime groups is 1. The van der Waals surface area contributed by atoms with Crippen molar-refractivity contribution in [3.63, 3.8) is 0 Å². The highest BCUT2D eigenvalue weighted by Crippen LogP contribution is 2.21. The van der Waals surface area contributed by atoms with E-state index in [1.54, 1.807) is 32.2 Å². The van der Waals surface area contributed by atoms with Crippen LogP contribution in [0.4, 0.5) is 0 Å². The number of carbonyl (C=O) groups is 1. The maximum Gasteiger partial charge on any atom is 0.260 e. The molecule has 0 aliphatic heterocycles. The Hall–Kier alpha value is -2.04. The monoisotopic (exact) mass is 250 g/mol. The first-order valence-electron chi connectivity index (χ1n) is 5.82. The molecule has 0 aromatic heterocycles. The molecule has 0 radical (unpaired) electrons. The van der Waals surface area contributed by atoms with Gasteiger partial charge in [0.1, 0.15) is 5.75 Å². The molecule has 0 heterocycles. The van der Waals surface area contributed by atoms with Gasteiger partial charge in [-0.05, 0) is 25.5 Å². The zero-order chi connectivity index (χ0) is 13.5. The molecule has 0 bridgehead atoms. The Morgan fingerprint density at radius 2 is 2.17 bits per heavy atom. The fourth-order valence-electron chi connectivity index (χ4n) is 1.57. The summed E-state index contributed by atoms with van der Waals surface area (Å²) >= 11 is 0. The van der Waals surface area contributed by atoms with Gasteiger partial charge in [0.25, 0.3) is 5.91 Å². The summed E-state index contributed by atoms with van der Waals surface area (Å²) in [6, 6.07) is 7.17. The first-order valence-corrected chi connectivity index (χ1v) is 5.82. The van der Waals surface area contributed by atoms with E-state index in [0.717, 1.165) is 0 Å². The second kappa shape index (κ2) is 6.64. The van der Waals surface area contributed by atoms with Crippen LogP contribution in [0.5, 0.6) is 5.75 Å². The molecule has 98 valence electrons. The van der Waals surface area contributed by atoms with E-state index in [9.17, 15) is 4.79 Å². The summed E-state index contributed by atoms with van der Waals surface area (Å²) in [4.78, 5) is 11.4. The molecule has 1 atom stereocenters. The smallest absolute Gasteiger partial charge is 0.260 e. The number of carbonyl (C=O) groups excluding carboxylic acids is 1. The van der Waals surface area contributed by atoms with Crippen LogP contribution in [-0.4, -0.2) is 30.0 Å². The molecule has 18 heavy (non-hydrogen) atoms. The van der Waals surface area contributed by atoms with Crippen molar-refractivity contribution in [2.24, 2.45) is 5.16 Å². The van der Waals surface area contributed by atoms with E-state index in [1.165, 1.54) is 0 Å². The van der Waals surface area contributed by atoms with Crippen molar-refractivity contribution in [3.05, 3.63) is 29.8 Å². The van der Waals surface area contributed by atoms with Crippen molar-refractivity contribution in [2.45, 2.75) is 26.4 Å². The largest absolute Gasteiger partial charge is 0.480 e. The van der Waals surface area contributed by atoms with Crippen molar-refractivity contribution in [1.82, 2.24) is 5.32 Å². The average molecular weight is 250 g/mol. The Kier molecular flexibility index (Phi) is 5.17. The molecule has 2 N–H and O–H groups in total. The maximum atomic E-state index is 11.4. The molecule has 5 nitrogen and oxygen atoms in total. The topological polar surface area (TPSA) is 70.9 Å². The van der Waals surface area contributed by atoms with E-state index < -0.39 is 6.10 Å². The van der Waals surface area contributed by atoms with E-state index in [-0.39, 0.29) is 5.91 Å². The van der Waals surface area contributed by atoms with Gasteiger partial charge in [-0.1, -0.05) is 24.2 Å². The second-order valence-electron chi connectivity index (χ2n) is 3.77. The minimum atomic E-state index is -0.604. The van der Waals surface area contributed by atoms with Crippen LogP contribution < -0.4 is 10.1 Å². The summed E-state index contributed by atoms with van der Waals surface area (Å²) in [5, 5.41) is 14.7. The van der Waals surface area contributed by atoms with E-state index in [1.807, 2.05) is 13.0 Å². The van der Waals surface area contributed by atoms with Gasteiger partial charge in [-0.3, -0.25) is 4.79 Å². The number of nitrogens with zero attached hydrogens (tertiary/aromatic N) is 1. The third-order valence-corrected chi connectivity index (χ3v) is 2.57. The Morgan fingerprint density at radius 1 is 1.50 bits per heavy atom. The van der Waals surface area contributed by atoms with Crippen LogP contribution in [-0.2, 0) is 4.79 Å². The summed E-state index contributed by atoms with van der Waals surface area (Å²) in [6.07, 6.45) is -0.0291. The highest BCUT2D eigenvalue weighted by atomic mass is 16.5. The fourth-order valence-corrected chi connectivity index (χ4v) is 1.57. The van der Waals surface area contributed by atoms with Gasteiger partial charge < -0.3 is 15.3 Å². The molecule has 0 spiro atoms. The standard InChI is InChI=1S/C13H18N2O3/c1-4-11(15-17)10-7-5-6-8-12(10)18-9(2)13(16)14-3/h5-9,17H,4H2,1-3H3,(H,14,16)/b15-11+. The molecule has 0 saturated heterocycles. The molecule has 0 saturated carbocycles. The third kappa shape index (κ3) is 3.23. The molecule has 0 aliphatic rings. The fraction of sp³-hybridized carbons (Fsp3) is 0.385. The summed E-state index contributed by atoms with van der Waals surface area (Å²) < 4.78 is 5.58. The Labute approximate surface area is 106 Å². The molecular formula is C13H18N2O3. The van der Waals surface area contributed by atoms with E-state index in [2.05, 4.69) is 10.5 Å². The quantitative estimate of drug-likeness (QED) is 0.475. The number of amides is 1. The lowest BCUT2D eigenvalue weighted by atomic mass is 10.1. The SMILES string of the molecule is CC/C(=N\O)c1ccccc1OC(C)C(=O)NC. The molecular weight excluding hydrogens is 232 g/mol. The lowest BCUT2D eigenvalue weighted by molar-refractivity contribution is -0.126. The van der Waals surface area contributed by atoms with E-state index in [4.69, 9.17) is 9.94 Å². The normalized spacial score (nSPS) is 12.9. The molecule has 1 amide bonds. The predicted molar refractivity (Wildman–Crippen MR) is 69.2 cm³/mol. The summed E-state index contributed by atoms with van der Waals surface area (Å²) in [7, 11) is 1.56. The van der Waals surface area contributed by atoms with E-state index >= 15 is 0 Å². The van der Waals surface area contributed by atoms with Crippen molar-refractivity contribution < 1.29 is 14.7 Å². The van der Waals surface area contributed by atoms with Crippen molar-refractivity contribution in [1.29, 1.82) is 0 Å². The number of ether oxygens (including phenoxy) is 1. The van der Waals surface area contributed by atoms with Crippen molar-refractivity contribution >= 4 is 11.6 Å². The Morgan fingerprint density at radius 3 is 2.72 bits per heavy atom. The van der Waals surface area contributed by atoms with Gasteiger partial charge in [-0.25, -0.2) is 0 Å².